The van der Waals surface area contributed by atoms with Crippen molar-refractivity contribution in [1.82, 2.24) is 20.4 Å². The molecule has 2 saturated heterocycles. The highest BCUT2D eigenvalue weighted by atomic mass is 19.4. The number of alkyl halides is 6. The van der Waals surface area contributed by atoms with Gasteiger partial charge in [-0.2, -0.15) is 18.4 Å². The first-order chi connectivity index (χ1) is 18.8. The van der Waals surface area contributed by atoms with Crippen LogP contribution >= 0.6 is 0 Å². The zero-order valence-electron chi connectivity index (χ0n) is 21.6. The van der Waals surface area contributed by atoms with Crippen LogP contribution in [0.4, 0.5) is 26.3 Å². The van der Waals surface area contributed by atoms with Crippen molar-refractivity contribution in [2.45, 2.75) is 74.9 Å². The molecule has 3 heterocycles. The number of nitriles is 1. The maximum absolute atomic E-state index is 14.4. The molecule has 4 fully saturated rings. The lowest BCUT2D eigenvalue weighted by Crippen LogP contribution is -2.64. The molecule has 40 heavy (non-hydrogen) atoms. The van der Waals surface area contributed by atoms with Crippen LogP contribution in [0.3, 0.4) is 0 Å². The van der Waals surface area contributed by atoms with Gasteiger partial charge in [-0.15, -0.1) is 0 Å². The van der Waals surface area contributed by atoms with E-state index in [1.807, 2.05) is 6.07 Å². The van der Waals surface area contributed by atoms with Crippen molar-refractivity contribution in [2.75, 3.05) is 26.2 Å². The number of carbonyl (C=O) groups is 3. The largest absolute Gasteiger partial charge is 0.393 e. The Labute approximate surface area is 227 Å². The van der Waals surface area contributed by atoms with Crippen molar-refractivity contribution in [2.24, 2.45) is 23.7 Å². The quantitative estimate of drug-likeness (QED) is 0.501. The van der Waals surface area contributed by atoms with Gasteiger partial charge in [0.2, 0.25) is 17.7 Å². The molecule has 3 aliphatic heterocycles. The average molecular weight is 576 g/mol. The summed E-state index contributed by atoms with van der Waals surface area (Å²) in [6.07, 6.45) is -3.97. The van der Waals surface area contributed by atoms with Crippen LogP contribution in [0.15, 0.2) is 11.6 Å². The van der Waals surface area contributed by atoms with E-state index in [1.165, 1.54) is 4.90 Å². The van der Waals surface area contributed by atoms with Crippen molar-refractivity contribution < 1.29 is 40.7 Å². The Morgan fingerprint density at radius 3 is 2.52 bits per heavy atom. The summed E-state index contributed by atoms with van der Waals surface area (Å²) in [7, 11) is 0. The van der Waals surface area contributed by atoms with Crippen molar-refractivity contribution in [3.8, 4) is 6.07 Å². The van der Waals surface area contributed by atoms with Crippen molar-refractivity contribution >= 4 is 17.7 Å². The van der Waals surface area contributed by atoms with E-state index in [4.69, 9.17) is 0 Å². The van der Waals surface area contributed by atoms with Gasteiger partial charge < -0.3 is 15.5 Å². The first-order valence-electron chi connectivity index (χ1n) is 13.6. The molecule has 7 unspecified atom stereocenters. The summed E-state index contributed by atoms with van der Waals surface area (Å²) in [5, 5.41) is 14.8. The summed E-state index contributed by atoms with van der Waals surface area (Å²) in [6, 6.07) is -0.952. The smallest absolute Gasteiger partial charge is 0.348 e. The van der Waals surface area contributed by atoms with Gasteiger partial charge >= 0.3 is 6.18 Å². The van der Waals surface area contributed by atoms with Crippen LogP contribution in [0, 0.1) is 35.0 Å². The van der Waals surface area contributed by atoms with Crippen LogP contribution in [0.25, 0.3) is 0 Å². The van der Waals surface area contributed by atoms with Gasteiger partial charge in [-0.1, -0.05) is 0 Å². The Morgan fingerprint density at radius 1 is 1.15 bits per heavy atom. The summed E-state index contributed by atoms with van der Waals surface area (Å²) in [5.41, 5.74) is 0.143. The Hall–Kier alpha value is -2.82. The summed E-state index contributed by atoms with van der Waals surface area (Å²) in [4.78, 5) is 40.8. The normalized spacial score (nSPS) is 37.9. The third-order valence-electron chi connectivity index (χ3n) is 9.03. The zero-order chi connectivity index (χ0) is 29.0. The number of likely N-dealkylation sites (tertiary alicyclic amines) is 2. The number of nitrogens with one attached hydrogen (secondary N) is 2. The predicted molar refractivity (Wildman–Crippen MR) is 127 cm³/mol. The molecule has 8 nitrogen and oxygen atoms in total. The summed E-state index contributed by atoms with van der Waals surface area (Å²) in [5.74, 6) is -9.96. The van der Waals surface area contributed by atoms with Gasteiger partial charge in [-0.3, -0.25) is 19.3 Å². The summed E-state index contributed by atoms with van der Waals surface area (Å²) >= 11 is 0. The van der Waals surface area contributed by atoms with E-state index in [9.17, 15) is 46.0 Å². The number of halogens is 6. The second kappa shape index (κ2) is 10.5. The van der Waals surface area contributed by atoms with E-state index in [-0.39, 0.29) is 37.9 Å². The fourth-order valence-electron chi connectivity index (χ4n) is 7.18. The molecule has 8 atom stereocenters. The minimum atomic E-state index is -4.74. The number of rotatable bonds is 4. The number of fused-ring (bicyclic) bond motifs is 1. The highest BCUT2D eigenvalue weighted by Crippen LogP contribution is 2.47. The predicted octanol–water partition coefficient (Wildman–Crippen LogP) is 2.31. The van der Waals surface area contributed by atoms with Gasteiger partial charge in [0.25, 0.3) is 5.92 Å². The first kappa shape index (κ1) is 28.7. The standard InChI is InChI=1S/C26H31F6N5O3/c27-19-3-1-2-15-16(8-20(38)35-21(15)19)23(39)34-14-4-5-36(10-14)22-17(24(40)37-11-25(28,29)12-37)6-13(9-33)7-18(22)26(30,31)32/h8,13-15,17-19,21-22H,1-7,10-12H2,(H,34,39)(H,35,38)/t13?,14-,15?,17?,18?,19?,21?,22?/m1/s1. The van der Waals surface area contributed by atoms with Crippen LogP contribution in [0.2, 0.25) is 0 Å². The first-order valence-corrected chi connectivity index (χ1v) is 13.6. The van der Waals surface area contributed by atoms with Crippen molar-refractivity contribution in [3.05, 3.63) is 11.6 Å². The molecule has 2 saturated carbocycles. The van der Waals surface area contributed by atoms with Crippen LogP contribution in [0.5, 0.6) is 0 Å². The van der Waals surface area contributed by atoms with Crippen molar-refractivity contribution in [1.29, 1.82) is 5.26 Å². The number of amides is 3. The molecule has 5 rings (SSSR count). The SMILES string of the molecule is N#CC1CC(C(=O)N2CC(F)(F)C2)C(N2CC[C@@H](NC(=O)C3=CC(=O)NC4C(F)CCCC34)C2)C(C(F)(F)F)C1. The Kier molecular flexibility index (Phi) is 7.56. The zero-order valence-corrected chi connectivity index (χ0v) is 21.6. The maximum Gasteiger partial charge on any atom is 0.393 e. The molecule has 14 heteroatoms. The lowest BCUT2D eigenvalue weighted by Gasteiger charge is -2.48. The van der Waals surface area contributed by atoms with Gasteiger partial charge in [-0.25, -0.2) is 13.2 Å². The van der Waals surface area contributed by atoms with Gasteiger partial charge in [0, 0.05) is 48.7 Å². The fraction of sp³-hybridized carbons (Fsp3) is 0.769. The highest BCUT2D eigenvalue weighted by molar-refractivity contribution is 6.03. The molecule has 2 N–H and O–H groups in total. The maximum atomic E-state index is 14.4. The van der Waals surface area contributed by atoms with E-state index in [2.05, 4.69) is 10.6 Å². The summed E-state index contributed by atoms with van der Waals surface area (Å²) in [6.45, 7) is -1.66. The molecule has 0 aromatic rings. The van der Waals surface area contributed by atoms with Crippen LogP contribution < -0.4 is 10.6 Å². The van der Waals surface area contributed by atoms with Gasteiger partial charge in [0.05, 0.1) is 37.0 Å². The molecule has 0 spiro atoms. The van der Waals surface area contributed by atoms with Crippen molar-refractivity contribution in [3.63, 3.8) is 0 Å². The van der Waals surface area contributed by atoms with E-state index < -0.39 is 97.3 Å². The van der Waals surface area contributed by atoms with E-state index >= 15 is 0 Å². The minimum absolute atomic E-state index is 0.0283. The lowest BCUT2D eigenvalue weighted by atomic mass is 9.70. The minimum Gasteiger partial charge on any atom is -0.348 e. The lowest BCUT2D eigenvalue weighted by molar-refractivity contribution is -0.213. The number of hydrogen-bond donors (Lipinski definition) is 2. The number of nitrogens with zero attached hydrogens (tertiary/aromatic N) is 3. The second-order valence-corrected chi connectivity index (χ2v) is 11.7. The molecule has 220 valence electrons. The molecule has 5 aliphatic rings. The Balaban J connectivity index is 1.32. The van der Waals surface area contributed by atoms with Crippen LogP contribution in [-0.2, 0) is 14.4 Å². The molecule has 0 aromatic carbocycles. The highest BCUT2D eigenvalue weighted by Gasteiger charge is 2.58. The number of hydrogen-bond acceptors (Lipinski definition) is 5. The second-order valence-electron chi connectivity index (χ2n) is 11.7. The topological polar surface area (TPSA) is 106 Å². The fourth-order valence-corrected chi connectivity index (χ4v) is 7.18. The van der Waals surface area contributed by atoms with E-state index in [1.54, 1.807) is 0 Å². The molecule has 3 amide bonds. The molecule has 2 aliphatic carbocycles. The molecule has 0 bridgehead atoms. The van der Waals surface area contributed by atoms with Crippen LogP contribution in [0.1, 0.15) is 38.5 Å². The average Bonchev–Trinajstić information content (AvgIpc) is 3.33. The monoisotopic (exact) mass is 575 g/mol. The molecule has 0 radical (unpaired) electrons. The molecule has 0 aromatic heterocycles. The van der Waals surface area contributed by atoms with E-state index in [0.717, 1.165) is 11.0 Å². The van der Waals surface area contributed by atoms with Gasteiger partial charge in [0.15, 0.2) is 0 Å². The Bertz CT molecular complexity index is 1120. The third kappa shape index (κ3) is 5.53. The van der Waals surface area contributed by atoms with Crippen LogP contribution in [-0.4, -0.2) is 90.1 Å². The van der Waals surface area contributed by atoms with E-state index in [0.29, 0.717) is 12.8 Å². The Morgan fingerprint density at radius 2 is 1.88 bits per heavy atom. The number of carbonyl (C=O) groups excluding carboxylic acids is 3. The molecular weight excluding hydrogens is 544 g/mol. The van der Waals surface area contributed by atoms with Gasteiger partial charge in [0.1, 0.15) is 6.17 Å². The summed E-state index contributed by atoms with van der Waals surface area (Å²) < 4.78 is 84.2. The van der Waals surface area contributed by atoms with Gasteiger partial charge in [-0.05, 0) is 38.5 Å². The molecular formula is C26H31F6N5O3. The third-order valence-corrected chi connectivity index (χ3v) is 9.03.